The number of phenolic OH excluding ortho intramolecular Hbond substituents is 1. The molecule has 0 aromatic heterocycles. The van der Waals surface area contributed by atoms with E-state index in [4.69, 9.17) is 9.84 Å². The van der Waals surface area contributed by atoms with Gasteiger partial charge in [-0.2, -0.15) is 0 Å². The first-order valence-corrected chi connectivity index (χ1v) is 4.77. The average molecular weight is 236 g/mol. The molecular formula is C12H9FO4. The number of carbonyl (C=O) groups is 1. The van der Waals surface area contributed by atoms with E-state index in [-0.39, 0.29) is 22.4 Å². The SMILES string of the molecule is COc1c(F)ccc2c(O)cc(C(=O)O)cc12. The molecule has 0 unspecified atom stereocenters. The Labute approximate surface area is 95.9 Å². The van der Waals surface area contributed by atoms with E-state index in [1.165, 1.54) is 19.2 Å². The Bertz CT molecular complexity index is 607. The molecule has 17 heavy (non-hydrogen) atoms. The normalized spacial score (nSPS) is 10.5. The van der Waals surface area contributed by atoms with Gasteiger partial charge in [-0.15, -0.1) is 0 Å². The van der Waals surface area contributed by atoms with Crippen LogP contribution in [0.5, 0.6) is 11.5 Å². The number of methoxy groups -OCH3 is 1. The number of aromatic carboxylic acids is 1. The molecule has 0 saturated carbocycles. The van der Waals surface area contributed by atoms with Crippen molar-refractivity contribution < 1.29 is 24.1 Å². The van der Waals surface area contributed by atoms with Gasteiger partial charge in [0.2, 0.25) is 0 Å². The van der Waals surface area contributed by atoms with E-state index in [2.05, 4.69) is 0 Å². The van der Waals surface area contributed by atoms with Crippen LogP contribution in [0.1, 0.15) is 10.4 Å². The molecule has 0 atom stereocenters. The fourth-order valence-corrected chi connectivity index (χ4v) is 1.69. The molecule has 0 aliphatic heterocycles. The summed E-state index contributed by atoms with van der Waals surface area (Å²) in [6.07, 6.45) is 0. The second-order valence-corrected chi connectivity index (χ2v) is 3.48. The number of hydrogen-bond acceptors (Lipinski definition) is 3. The second kappa shape index (κ2) is 3.93. The number of rotatable bonds is 2. The molecule has 0 aliphatic rings. The Balaban J connectivity index is 2.88. The summed E-state index contributed by atoms with van der Waals surface area (Å²) in [5, 5.41) is 19.1. The zero-order valence-corrected chi connectivity index (χ0v) is 8.90. The Morgan fingerprint density at radius 1 is 1.29 bits per heavy atom. The predicted octanol–water partition coefficient (Wildman–Crippen LogP) is 2.39. The van der Waals surface area contributed by atoms with Gasteiger partial charge in [0.1, 0.15) is 5.75 Å². The Kier molecular flexibility index (Phi) is 2.59. The molecular weight excluding hydrogens is 227 g/mol. The summed E-state index contributed by atoms with van der Waals surface area (Å²) >= 11 is 0. The molecule has 4 nitrogen and oxygen atoms in total. The number of carboxylic acids is 1. The number of fused-ring (bicyclic) bond motifs is 1. The van der Waals surface area contributed by atoms with Crippen molar-refractivity contribution in [3.8, 4) is 11.5 Å². The van der Waals surface area contributed by atoms with Crippen molar-refractivity contribution in [2.45, 2.75) is 0 Å². The van der Waals surface area contributed by atoms with Crippen LogP contribution in [0.25, 0.3) is 10.8 Å². The van der Waals surface area contributed by atoms with Gasteiger partial charge in [-0.25, -0.2) is 9.18 Å². The van der Waals surface area contributed by atoms with E-state index in [0.717, 1.165) is 12.1 Å². The van der Waals surface area contributed by atoms with Crippen molar-refractivity contribution in [2.75, 3.05) is 7.11 Å². The maximum atomic E-state index is 13.4. The van der Waals surface area contributed by atoms with Crippen LogP contribution < -0.4 is 4.74 Å². The third kappa shape index (κ3) is 1.75. The minimum Gasteiger partial charge on any atom is -0.507 e. The number of hydrogen-bond donors (Lipinski definition) is 2. The van der Waals surface area contributed by atoms with E-state index in [9.17, 15) is 14.3 Å². The highest BCUT2D eigenvalue weighted by molar-refractivity contribution is 6.00. The second-order valence-electron chi connectivity index (χ2n) is 3.48. The first kappa shape index (κ1) is 11.2. The summed E-state index contributed by atoms with van der Waals surface area (Å²) in [6.45, 7) is 0. The van der Waals surface area contributed by atoms with Crippen molar-refractivity contribution in [1.82, 2.24) is 0 Å². The summed E-state index contributed by atoms with van der Waals surface area (Å²) in [5.41, 5.74) is -0.126. The van der Waals surface area contributed by atoms with Crippen molar-refractivity contribution in [3.05, 3.63) is 35.6 Å². The Morgan fingerprint density at radius 3 is 2.59 bits per heavy atom. The van der Waals surface area contributed by atoms with E-state index in [0.29, 0.717) is 5.39 Å². The third-order valence-electron chi connectivity index (χ3n) is 2.47. The zero-order chi connectivity index (χ0) is 12.6. The summed E-state index contributed by atoms with van der Waals surface area (Å²) in [4.78, 5) is 10.8. The minimum atomic E-state index is -1.20. The molecule has 2 aromatic carbocycles. The topological polar surface area (TPSA) is 66.8 Å². The number of aromatic hydroxyl groups is 1. The van der Waals surface area contributed by atoms with Crippen LogP contribution in [0.2, 0.25) is 0 Å². The number of ether oxygens (including phenoxy) is 1. The molecule has 2 N–H and O–H groups in total. The van der Waals surface area contributed by atoms with Gasteiger partial charge in [0.15, 0.2) is 11.6 Å². The molecule has 5 heteroatoms. The maximum absolute atomic E-state index is 13.4. The van der Waals surface area contributed by atoms with Gasteiger partial charge >= 0.3 is 5.97 Å². The molecule has 2 aromatic rings. The number of benzene rings is 2. The van der Waals surface area contributed by atoms with Crippen molar-refractivity contribution >= 4 is 16.7 Å². The van der Waals surface area contributed by atoms with Crippen LogP contribution in [0.3, 0.4) is 0 Å². The molecule has 0 bridgehead atoms. The summed E-state index contributed by atoms with van der Waals surface area (Å²) in [6, 6.07) is 4.90. The largest absolute Gasteiger partial charge is 0.507 e. The molecule has 0 heterocycles. The lowest BCUT2D eigenvalue weighted by Gasteiger charge is -2.09. The standard InChI is InChI=1S/C12H9FO4/c1-17-11-8-4-6(12(15)16)5-10(14)7(8)2-3-9(11)13/h2-5,14H,1H3,(H,15,16). The molecule has 0 aliphatic carbocycles. The van der Waals surface area contributed by atoms with Gasteiger partial charge in [-0.05, 0) is 24.3 Å². The van der Waals surface area contributed by atoms with Gasteiger partial charge in [0.25, 0.3) is 0 Å². The van der Waals surface area contributed by atoms with Crippen LogP contribution in [0, 0.1) is 5.82 Å². The minimum absolute atomic E-state index is 0.0825. The Morgan fingerprint density at radius 2 is 2.00 bits per heavy atom. The van der Waals surface area contributed by atoms with E-state index in [1.807, 2.05) is 0 Å². The van der Waals surface area contributed by atoms with Crippen molar-refractivity contribution in [2.24, 2.45) is 0 Å². The van der Waals surface area contributed by atoms with Crippen molar-refractivity contribution in [1.29, 1.82) is 0 Å². The number of halogens is 1. The summed E-state index contributed by atoms with van der Waals surface area (Å²) in [5.74, 6) is -2.12. The highest BCUT2D eigenvalue weighted by Gasteiger charge is 2.14. The first-order valence-electron chi connectivity index (χ1n) is 4.77. The maximum Gasteiger partial charge on any atom is 0.335 e. The average Bonchev–Trinajstić information content (AvgIpc) is 2.28. The molecule has 0 saturated heterocycles. The van der Waals surface area contributed by atoms with Crippen molar-refractivity contribution in [3.63, 3.8) is 0 Å². The molecule has 0 radical (unpaired) electrons. The lowest BCUT2D eigenvalue weighted by Crippen LogP contribution is -1.97. The van der Waals surface area contributed by atoms with Gasteiger partial charge < -0.3 is 14.9 Å². The van der Waals surface area contributed by atoms with Gasteiger partial charge in [0.05, 0.1) is 12.7 Å². The fraction of sp³-hybridized carbons (Fsp3) is 0.0833. The highest BCUT2D eigenvalue weighted by atomic mass is 19.1. The van der Waals surface area contributed by atoms with Gasteiger partial charge in [-0.1, -0.05) is 0 Å². The quantitative estimate of drug-likeness (QED) is 0.840. The lowest BCUT2D eigenvalue weighted by atomic mass is 10.0. The zero-order valence-electron chi connectivity index (χ0n) is 8.90. The number of phenols is 1. The number of carboxylic acid groups (broad SMARTS) is 1. The molecule has 0 fully saturated rings. The fourth-order valence-electron chi connectivity index (χ4n) is 1.69. The van der Waals surface area contributed by atoms with Gasteiger partial charge in [0, 0.05) is 10.8 Å². The third-order valence-corrected chi connectivity index (χ3v) is 2.47. The van der Waals surface area contributed by atoms with Gasteiger partial charge in [-0.3, -0.25) is 0 Å². The monoisotopic (exact) mass is 236 g/mol. The van der Waals surface area contributed by atoms with Crippen LogP contribution >= 0.6 is 0 Å². The van der Waals surface area contributed by atoms with E-state index in [1.54, 1.807) is 0 Å². The van der Waals surface area contributed by atoms with E-state index >= 15 is 0 Å². The van der Waals surface area contributed by atoms with Crippen LogP contribution in [-0.2, 0) is 0 Å². The van der Waals surface area contributed by atoms with Crippen LogP contribution in [0.15, 0.2) is 24.3 Å². The smallest absolute Gasteiger partial charge is 0.335 e. The lowest BCUT2D eigenvalue weighted by molar-refractivity contribution is 0.0696. The molecule has 0 amide bonds. The summed E-state index contributed by atoms with van der Waals surface area (Å²) in [7, 11) is 1.28. The first-order chi connectivity index (χ1) is 8.04. The summed E-state index contributed by atoms with van der Waals surface area (Å²) < 4.78 is 18.3. The molecule has 2 rings (SSSR count). The van der Waals surface area contributed by atoms with Crippen LogP contribution in [-0.4, -0.2) is 23.3 Å². The van der Waals surface area contributed by atoms with E-state index < -0.39 is 11.8 Å². The molecule has 88 valence electrons. The molecule has 0 spiro atoms. The highest BCUT2D eigenvalue weighted by Crippen LogP contribution is 2.34. The van der Waals surface area contributed by atoms with Crippen LogP contribution in [0.4, 0.5) is 4.39 Å². The predicted molar refractivity (Wildman–Crippen MR) is 59.1 cm³/mol. The Hall–Kier alpha value is -2.30.